The molecule has 2 aliphatic rings. The molecule has 1 saturated heterocycles. The summed E-state index contributed by atoms with van der Waals surface area (Å²) >= 11 is 5.86. The molecule has 0 spiro atoms. The van der Waals surface area contributed by atoms with Crippen molar-refractivity contribution in [3.05, 3.63) is 58.1 Å². The van der Waals surface area contributed by atoms with E-state index in [-0.39, 0.29) is 31.4 Å². The minimum Gasteiger partial charge on any atom is -0.476 e. The lowest BCUT2D eigenvalue weighted by Gasteiger charge is -2.45. The van der Waals surface area contributed by atoms with Crippen molar-refractivity contribution in [2.45, 2.75) is 95.9 Å². The summed E-state index contributed by atoms with van der Waals surface area (Å²) in [5, 5.41) is 12.4. The zero-order valence-electron chi connectivity index (χ0n) is 31.7. The first kappa shape index (κ1) is 45.8. The first-order chi connectivity index (χ1) is 26.8. The number of likely N-dealkylation sites (tertiary alicyclic amines) is 1. The van der Waals surface area contributed by atoms with Crippen LogP contribution in [0.15, 0.2) is 36.4 Å². The van der Waals surface area contributed by atoms with E-state index in [1.165, 1.54) is 52.0 Å². The quantitative estimate of drug-likeness (QED) is 0.216. The zero-order valence-corrected chi connectivity index (χ0v) is 32.5. The molecule has 12 nitrogen and oxygen atoms in total. The molecule has 0 saturated carbocycles. The summed E-state index contributed by atoms with van der Waals surface area (Å²) in [6, 6.07) is 4.39. The summed E-state index contributed by atoms with van der Waals surface area (Å²) in [7, 11) is 0. The number of amides is 5. The van der Waals surface area contributed by atoms with Gasteiger partial charge in [-0.1, -0.05) is 23.7 Å². The van der Waals surface area contributed by atoms with E-state index in [1.807, 2.05) is 5.32 Å². The van der Waals surface area contributed by atoms with Crippen LogP contribution in [-0.4, -0.2) is 119 Å². The molecule has 2 N–H and O–H groups in total. The number of halogens is 9. The molecule has 1 fully saturated rings. The number of fused-ring (bicyclic) bond motifs is 1. The molecule has 2 aromatic rings. The highest BCUT2D eigenvalue weighted by molar-refractivity contribution is 6.30. The fourth-order valence-electron chi connectivity index (χ4n) is 7.05. The van der Waals surface area contributed by atoms with Gasteiger partial charge in [-0.05, 0) is 76.8 Å². The van der Waals surface area contributed by atoms with Crippen LogP contribution >= 0.6 is 11.6 Å². The number of rotatable bonds is 13. The third kappa shape index (κ3) is 11.2. The van der Waals surface area contributed by atoms with Gasteiger partial charge in [0, 0.05) is 43.3 Å². The lowest BCUT2D eigenvalue weighted by molar-refractivity contribution is -0.161. The third-order valence-electron chi connectivity index (χ3n) is 9.72. The van der Waals surface area contributed by atoms with E-state index < -0.39 is 122 Å². The van der Waals surface area contributed by atoms with E-state index in [1.54, 1.807) is 0 Å². The highest BCUT2D eigenvalue weighted by Crippen LogP contribution is 2.44. The monoisotopic (exact) mass is 855 g/mol. The van der Waals surface area contributed by atoms with Gasteiger partial charge in [-0.25, -0.2) is 4.79 Å². The van der Waals surface area contributed by atoms with Gasteiger partial charge in [-0.3, -0.25) is 19.2 Å². The third-order valence-corrected chi connectivity index (χ3v) is 9.97. The number of ether oxygens (including phenoxy) is 1. The highest BCUT2D eigenvalue weighted by Gasteiger charge is 2.46. The second-order valence-corrected chi connectivity index (χ2v) is 15.1. The number of hydrogen-bond donors (Lipinski definition) is 2. The number of carboxylic acid groups (broad SMARTS) is 1. The first-order valence-corrected chi connectivity index (χ1v) is 18.4. The number of hydrogen-bond acceptors (Lipinski definition) is 6. The Labute approximate surface area is 333 Å². The number of benzene rings is 2. The molecule has 0 aliphatic carbocycles. The van der Waals surface area contributed by atoms with Crippen molar-refractivity contribution in [1.82, 2.24) is 20.0 Å². The summed E-state index contributed by atoms with van der Waals surface area (Å²) in [6.45, 7) is 1.92. The van der Waals surface area contributed by atoms with Crippen LogP contribution in [-0.2, 0) is 27.0 Å². The van der Waals surface area contributed by atoms with Crippen LogP contribution in [0.4, 0.5) is 45.6 Å². The zero-order chi connectivity index (χ0) is 43.5. The van der Waals surface area contributed by atoms with Crippen LogP contribution in [0, 0.1) is 0 Å². The molecule has 2 aromatic carbocycles. The summed E-state index contributed by atoms with van der Waals surface area (Å²) in [6.07, 6.45) is -15.5. The normalized spacial score (nSPS) is 18.2. The Bertz CT molecular complexity index is 1860. The maximum absolute atomic E-state index is 14.7. The van der Waals surface area contributed by atoms with E-state index in [0.717, 1.165) is 20.8 Å². The van der Waals surface area contributed by atoms with Crippen LogP contribution in [0.3, 0.4) is 0 Å². The second-order valence-electron chi connectivity index (χ2n) is 14.7. The van der Waals surface area contributed by atoms with Crippen molar-refractivity contribution in [3.8, 4) is 5.75 Å². The summed E-state index contributed by atoms with van der Waals surface area (Å²) < 4.78 is 116. The maximum atomic E-state index is 14.7. The standard InChI is InChI=1S/C37H42ClF8N5O7/c1-20(2)51(24-10-9-23(50(18-24)34(56)57)11-13-48(19-36(41,42)43)29(52)15-21-5-7-22(38)8-6-21)32(54)25-16-27-28(17-26(25)37(44,45)46)58-35(3,4)33(55)49(27)14-12-47-31(53)30(39)40/h5-8,16-17,20,23-24,30H,9-15,18-19H2,1-4H3,(H,47,53)(H,56,57)/t23-,24-/m1/s1. The minimum absolute atomic E-state index is 0.00833. The number of carbonyl (C=O) groups excluding carboxylic acids is 4. The van der Waals surface area contributed by atoms with Gasteiger partial charge in [-0.2, -0.15) is 35.1 Å². The summed E-state index contributed by atoms with van der Waals surface area (Å²) in [5.74, 6) is -5.01. The molecule has 320 valence electrons. The van der Waals surface area contributed by atoms with Crippen molar-refractivity contribution < 1.29 is 68.9 Å². The van der Waals surface area contributed by atoms with Gasteiger partial charge in [0.1, 0.15) is 12.3 Å². The van der Waals surface area contributed by atoms with Crippen LogP contribution in [0.5, 0.6) is 5.75 Å². The van der Waals surface area contributed by atoms with Gasteiger partial charge in [0.2, 0.25) is 5.91 Å². The second kappa shape index (κ2) is 17.9. The van der Waals surface area contributed by atoms with Crippen molar-refractivity contribution in [2.75, 3.05) is 37.6 Å². The number of nitrogens with zero attached hydrogens (tertiary/aromatic N) is 4. The maximum Gasteiger partial charge on any atom is 0.417 e. The molecule has 0 bridgehead atoms. The van der Waals surface area contributed by atoms with Crippen molar-refractivity contribution >= 4 is 47.0 Å². The first-order valence-electron chi connectivity index (χ1n) is 18.0. The van der Waals surface area contributed by atoms with Crippen molar-refractivity contribution in [2.24, 2.45) is 0 Å². The highest BCUT2D eigenvalue weighted by atomic mass is 35.5. The Kier molecular flexibility index (Phi) is 14.2. The van der Waals surface area contributed by atoms with Gasteiger partial charge in [0.15, 0.2) is 5.60 Å². The number of piperidine rings is 1. The summed E-state index contributed by atoms with van der Waals surface area (Å²) in [5.41, 5.74) is -4.06. The van der Waals surface area contributed by atoms with Crippen LogP contribution in [0.1, 0.15) is 68.4 Å². The van der Waals surface area contributed by atoms with Gasteiger partial charge >= 0.3 is 24.9 Å². The Morgan fingerprint density at radius 2 is 1.67 bits per heavy atom. The lowest BCUT2D eigenvalue weighted by atomic mass is 9.93. The molecule has 21 heteroatoms. The lowest BCUT2D eigenvalue weighted by Crippen LogP contribution is -2.57. The van der Waals surface area contributed by atoms with E-state index >= 15 is 0 Å². The molecule has 2 aliphatic heterocycles. The topological polar surface area (TPSA) is 140 Å². The molecule has 5 amide bonds. The predicted octanol–water partition coefficient (Wildman–Crippen LogP) is 6.63. The molecule has 0 radical (unpaired) electrons. The Hall–Kier alpha value is -4.88. The number of alkyl halides is 8. The summed E-state index contributed by atoms with van der Waals surface area (Å²) in [4.78, 5) is 68.1. The number of nitrogens with one attached hydrogen (secondary N) is 1. The van der Waals surface area contributed by atoms with Crippen LogP contribution < -0.4 is 15.0 Å². The van der Waals surface area contributed by atoms with Crippen molar-refractivity contribution in [1.29, 1.82) is 0 Å². The van der Waals surface area contributed by atoms with E-state index in [2.05, 4.69) is 0 Å². The number of anilines is 1. The molecule has 0 unspecified atom stereocenters. The average Bonchev–Trinajstić information content (AvgIpc) is 3.11. The Morgan fingerprint density at radius 3 is 2.22 bits per heavy atom. The van der Waals surface area contributed by atoms with Gasteiger partial charge in [0.25, 0.3) is 17.7 Å². The fraction of sp³-hybridized carbons (Fsp3) is 0.541. The smallest absolute Gasteiger partial charge is 0.417 e. The SMILES string of the molecule is CC(C)N(C(=O)c1cc2c(cc1C(F)(F)F)OC(C)(C)C(=O)N2CCNC(=O)C(F)F)[C@@H]1CC[C@H](CCN(CC(F)(F)F)C(=O)Cc2ccc(Cl)cc2)N(C(=O)O)C1. The van der Waals surface area contributed by atoms with E-state index in [4.69, 9.17) is 16.3 Å². The van der Waals surface area contributed by atoms with Gasteiger partial charge in [0.05, 0.1) is 29.3 Å². The molecule has 2 heterocycles. The fourth-order valence-corrected chi connectivity index (χ4v) is 7.17. The molecule has 4 rings (SSSR count). The van der Waals surface area contributed by atoms with Crippen LogP contribution in [0.2, 0.25) is 5.02 Å². The molecular formula is C37H42ClF8N5O7. The van der Waals surface area contributed by atoms with Crippen molar-refractivity contribution in [3.63, 3.8) is 0 Å². The predicted molar refractivity (Wildman–Crippen MR) is 193 cm³/mol. The number of carbonyl (C=O) groups is 5. The Morgan fingerprint density at radius 1 is 1.03 bits per heavy atom. The molecule has 0 aromatic heterocycles. The molecular weight excluding hydrogens is 814 g/mol. The largest absolute Gasteiger partial charge is 0.476 e. The van der Waals surface area contributed by atoms with E-state index in [0.29, 0.717) is 21.6 Å². The minimum atomic E-state index is -5.16. The van der Waals surface area contributed by atoms with E-state index in [9.17, 15) is 64.2 Å². The Balaban J connectivity index is 1.62. The average molecular weight is 856 g/mol. The van der Waals surface area contributed by atoms with Gasteiger partial charge < -0.3 is 34.8 Å². The van der Waals surface area contributed by atoms with Crippen LogP contribution in [0.25, 0.3) is 0 Å². The van der Waals surface area contributed by atoms with Gasteiger partial charge in [-0.15, -0.1) is 0 Å². The molecule has 58 heavy (non-hydrogen) atoms. The molecule has 2 atom stereocenters.